The van der Waals surface area contributed by atoms with Gasteiger partial charge >= 0.3 is 0 Å². The SMILES string of the molecule is O=C(CCC1CCOC1)c1cc(COCC2Oc3ccccc3O2)on1. The van der Waals surface area contributed by atoms with E-state index in [9.17, 15) is 4.79 Å². The molecule has 0 radical (unpaired) electrons. The predicted octanol–water partition coefficient (Wildman–Crippen LogP) is 2.99. The fourth-order valence-corrected chi connectivity index (χ4v) is 3.06. The molecule has 0 spiro atoms. The highest BCUT2D eigenvalue weighted by Crippen LogP contribution is 2.33. The highest BCUT2D eigenvalue weighted by Gasteiger charge is 2.24. The first-order valence-electron chi connectivity index (χ1n) is 8.84. The smallest absolute Gasteiger partial charge is 0.264 e. The number of benzene rings is 1. The van der Waals surface area contributed by atoms with Crippen molar-refractivity contribution in [2.75, 3.05) is 19.8 Å². The number of ether oxygens (including phenoxy) is 4. The lowest BCUT2D eigenvalue weighted by Crippen LogP contribution is -2.24. The van der Waals surface area contributed by atoms with Gasteiger partial charge < -0.3 is 23.5 Å². The first-order chi connectivity index (χ1) is 12.8. The number of hydrogen-bond acceptors (Lipinski definition) is 7. The first-order valence-corrected chi connectivity index (χ1v) is 8.84. The third-order valence-electron chi connectivity index (χ3n) is 4.51. The summed E-state index contributed by atoms with van der Waals surface area (Å²) in [5.41, 5.74) is 0.350. The van der Waals surface area contributed by atoms with Crippen molar-refractivity contribution in [3.05, 3.63) is 41.8 Å². The molecular weight excluding hydrogens is 338 g/mol. The van der Waals surface area contributed by atoms with Crippen LogP contribution < -0.4 is 9.47 Å². The molecule has 0 amide bonds. The van der Waals surface area contributed by atoms with Gasteiger partial charge in [-0.1, -0.05) is 17.3 Å². The number of fused-ring (bicyclic) bond motifs is 1. The molecule has 3 heterocycles. The van der Waals surface area contributed by atoms with E-state index in [1.165, 1.54) is 0 Å². The van der Waals surface area contributed by atoms with E-state index < -0.39 is 6.29 Å². The van der Waals surface area contributed by atoms with Gasteiger partial charge in [0.2, 0.25) is 0 Å². The largest absolute Gasteiger partial charge is 0.448 e. The van der Waals surface area contributed by atoms with Crippen molar-refractivity contribution < 1.29 is 28.3 Å². The summed E-state index contributed by atoms with van der Waals surface area (Å²) in [6.45, 7) is 2.00. The molecule has 1 saturated heterocycles. The van der Waals surface area contributed by atoms with Crippen LogP contribution in [0.1, 0.15) is 35.5 Å². The number of ketones is 1. The van der Waals surface area contributed by atoms with Gasteiger partial charge in [0, 0.05) is 25.7 Å². The lowest BCUT2D eigenvalue weighted by atomic mass is 10.00. The van der Waals surface area contributed by atoms with Crippen LogP contribution in [0.5, 0.6) is 11.5 Å². The molecule has 0 bridgehead atoms. The predicted molar refractivity (Wildman–Crippen MR) is 90.1 cm³/mol. The summed E-state index contributed by atoms with van der Waals surface area (Å²) in [4.78, 5) is 12.2. The van der Waals surface area contributed by atoms with Crippen molar-refractivity contribution in [1.29, 1.82) is 0 Å². The minimum atomic E-state index is -0.481. The zero-order valence-electron chi connectivity index (χ0n) is 14.4. The van der Waals surface area contributed by atoms with Crippen molar-refractivity contribution in [1.82, 2.24) is 5.16 Å². The number of aromatic nitrogens is 1. The van der Waals surface area contributed by atoms with Gasteiger partial charge in [0.25, 0.3) is 6.29 Å². The molecule has 1 aromatic carbocycles. The Bertz CT molecular complexity index is 727. The monoisotopic (exact) mass is 359 g/mol. The van der Waals surface area contributed by atoms with Crippen LogP contribution >= 0.6 is 0 Å². The second-order valence-corrected chi connectivity index (χ2v) is 6.50. The average Bonchev–Trinajstić information content (AvgIpc) is 3.39. The van der Waals surface area contributed by atoms with E-state index in [0.29, 0.717) is 35.3 Å². The minimum absolute atomic E-state index is 0.00944. The fraction of sp³-hybridized carbons (Fsp3) is 0.474. The molecule has 1 unspecified atom stereocenters. The molecule has 0 N–H and O–H groups in total. The van der Waals surface area contributed by atoms with Crippen molar-refractivity contribution >= 4 is 5.78 Å². The molecule has 0 saturated carbocycles. The van der Waals surface area contributed by atoms with Crippen molar-refractivity contribution in [2.45, 2.75) is 32.2 Å². The number of carbonyl (C=O) groups excluding carboxylic acids is 1. The van der Waals surface area contributed by atoms with Gasteiger partial charge in [-0.05, 0) is 30.9 Å². The molecule has 7 nitrogen and oxygen atoms in total. The van der Waals surface area contributed by atoms with Crippen LogP contribution in [0.4, 0.5) is 0 Å². The summed E-state index contributed by atoms with van der Waals surface area (Å²) in [6.07, 6.45) is 1.84. The van der Waals surface area contributed by atoms with Gasteiger partial charge in [0.1, 0.15) is 18.9 Å². The van der Waals surface area contributed by atoms with Crippen LogP contribution in [-0.2, 0) is 16.1 Å². The van der Waals surface area contributed by atoms with E-state index in [0.717, 1.165) is 26.1 Å². The molecule has 138 valence electrons. The van der Waals surface area contributed by atoms with Crippen LogP contribution in [0.2, 0.25) is 0 Å². The highest BCUT2D eigenvalue weighted by atomic mass is 16.7. The number of Topliss-reactive ketones (excluding diaryl/α,β-unsaturated/α-hetero) is 1. The summed E-state index contributed by atoms with van der Waals surface area (Å²) in [6, 6.07) is 9.11. The Kier molecular flexibility index (Phi) is 5.17. The van der Waals surface area contributed by atoms with Crippen LogP contribution in [0.15, 0.2) is 34.9 Å². The molecule has 2 aromatic rings. The third kappa shape index (κ3) is 4.05. The number of nitrogens with zero attached hydrogens (tertiary/aromatic N) is 1. The van der Waals surface area contributed by atoms with Gasteiger partial charge in [-0.3, -0.25) is 4.79 Å². The summed E-state index contributed by atoms with van der Waals surface area (Å²) in [7, 11) is 0. The summed E-state index contributed by atoms with van der Waals surface area (Å²) in [5, 5.41) is 3.85. The topological polar surface area (TPSA) is 80.0 Å². The molecular formula is C19H21NO6. The maximum absolute atomic E-state index is 12.2. The van der Waals surface area contributed by atoms with Crippen molar-refractivity contribution in [2.24, 2.45) is 5.92 Å². The molecule has 26 heavy (non-hydrogen) atoms. The van der Waals surface area contributed by atoms with E-state index in [1.54, 1.807) is 6.07 Å². The molecule has 0 aliphatic carbocycles. The second-order valence-electron chi connectivity index (χ2n) is 6.50. The molecule has 4 rings (SSSR count). The number of hydrogen-bond donors (Lipinski definition) is 0. The summed E-state index contributed by atoms with van der Waals surface area (Å²) in [5.74, 6) is 2.39. The maximum atomic E-state index is 12.2. The zero-order chi connectivity index (χ0) is 17.8. The fourth-order valence-electron chi connectivity index (χ4n) is 3.06. The Morgan fingerprint density at radius 3 is 2.77 bits per heavy atom. The quantitative estimate of drug-likeness (QED) is 0.670. The molecule has 7 heteroatoms. The lowest BCUT2D eigenvalue weighted by molar-refractivity contribution is -0.0421. The maximum Gasteiger partial charge on any atom is 0.264 e. The van der Waals surface area contributed by atoms with Gasteiger partial charge in [0.15, 0.2) is 23.0 Å². The van der Waals surface area contributed by atoms with E-state index in [-0.39, 0.29) is 19.0 Å². The lowest BCUT2D eigenvalue weighted by Gasteiger charge is -2.09. The normalized spacial score (nSPS) is 19.2. The Morgan fingerprint density at radius 1 is 1.23 bits per heavy atom. The Morgan fingerprint density at radius 2 is 2.04 bits per heavy atom. The minimum Gasteiger partial charge on any atom is -0.448 e. The third-order valence-corrected chi connectivity index (χ3v) is 4.51. The van der Waals surface area contributed by atoms with Gasteiger partial charge in [-0.25, -0.2) is 0 Å². The number of rotatable bonds is 8. The standard InChI is InChI=1S/C19H21NO6/c21-16(6-5-13-7-8-22-10-13)15-9-14(26-20-15)11-23-12-19-24-17-3-1-2-4-18(17)25-19/h1-4,9,13,19H,5-8,10-12H2. The number of para-hydroxylation sites is 2. The molecule has 2 aliphatic heterocycles. The Balaban J connectivity index is 1.20. The average molecular weight is 359 g/mol. The number of carbonyl (C=O) groups is 1. The highest BCUT2D eigenvalue weighted by molar-refractivity contribution is 5.94. The van der Waals surface area contributed by atoms with Crippen LogP contribution in [-0.4, -0.2) is 37.1 Å². The molecule has 1 fully saturated rings. The Hall–Kier alpha value is -2.38. The van der Waals surface area contributed by atoms with E-state index >= 15 is 0 Å². The zero-order valence-corrected chi connectivity index (χ0v) is 14.4. The van der Waals surface area contributed by atoms with Gasteiger partial charge in [-0.2, -0.15) is 0 Å². The van der Waals surface area contributed by atoms with Gasteiger partial charge in [-0.15, -0.1) is 0 Å². The first kappa shape index (κ1) is 17.1. The van der Waals surface area contributed by atoms with Crippen molar-refractivity contribution in [3.63, 3.8) is 0 Å². The van der Waals surface area contributed by atoms with Crippen LogP contribution in [0.3, 0.4) is 0 Å². The second kappa shape index (κ2) is 7.88. The van der Waals surface area contributed by atoms with Gasteiger partial charge in [0.05, 0.1) is 0 Å². The Labute approximate surface area is 151 Å². The van der Waals surface area contributed by atoms with Crippen molar-refractivity contribution in [3.8, 4) is 11.5 Å². The van der Waals surface area contributed by atoms with E-state index in [4.69, 9.17) is 23.5 Å². The van der Waals surface area contributed by atoms with Crippen LogP contribution in [0, 0.1) is 5.92 Å². The molecule has 1 atom stereocenters. The summed E-state index contributed by atoms with van der Waals surface area (Å²) < 4.78 is 27.3. The van der Waals surface area contributed by atoms with E-state index in [1.807, 2.05) is 24.3 Å². The molecule has 2 aliphatic rings. The van der Waals surface area contributed by atoms with E-state index in [2.05, 4.69) is 5.16 Å². The summed E-state index contributed by atoms with van der Waals surface area (Å²) >= 11 is 0. The molecule has 1 aromatic heterocycles. The van der Waals surface area contributed by atoms with Crippen LogP contribution in [0.25, 0.3) is 0 Å².